The van der Waals surface area contributed by atoms with Gasteiger partial charge in [-0.15, -0.1) is 0 Å². The molecule has 0 bridgehead atoms. The van der Waals surface area contributed by atoms with Gasteiger partial charge in [0.05, 0.1) is 39.3 Å². The topological polar surface area (TPSA) is 124 Å². The predicted molar refractivity (Wildman–Crippen MR) is 155 cm³/mol. The van der Waals surface area contributed by atoms with Crippen molar-refractivity contribution in [2.24, 2.45) is 0 Å². The van der Waals surface area contributed by atoms with Crippen LogP contribution in [0.1, 0.15) is 19.4 Å². The second kappa shape index (κ2) is 9.70. The minimum Gasteiger partial charge on any atom is -0.354 e. The molecule has 5 heterocycles. The van der Waals surface area contributed by atoms with E-state index in [0.29, 0.717) is 27.9 Å². The van der Waals surface area contributed by atoms with Gasteiger partial charge in [0.15, 0.2) is 0 Å². The summed E-state index contributed by atoms with van der Waals surface area (Å²) in [7, 11) is 2.12. The minimum atomic E-state index is -0.683. The number of pyridine rings is 3. The zero-order valence-corrected chi connectivity index (χ0v) is 22.5. The van der Waals surface area contributed by atoms with Gasteiger partial charge in [-0.05, 0) is 62.9 Å². The van der Waals surface area contributed by atoms with Crippen LogP contribution in [0.5, 0.6) is 0 Å². The highest BCUT2D eigenvalue weighted by atomic mass is 16.2. The number of anilines is 1. The Morgan fingerprint density at radius 2 is 1.68 bits per heavy atom. The normalized spacial score (nSPS) is 14.5. The zero-order valence-electron chi connectivity index (χ0n) is 22.5. The van der Waals surface area contributed by atoms with E-state index in [9.17, 15) is 14.9 Å². The van der Waals surface area contributed by atoms with Crippen molar-refractivity contribution in [2.45, 2.75) is 19.3 Å². The molecule has 0 aliphatic carbocycles. The number of hydrogen-bond acceptors (Lipinski definition) is 8. The summed E-state index contributed by atoms with van der Waals surface area (Å²) in [5.41, 5.74) is 2.40. The summed E-state index contributed by atoms with van der Waals surface area (Å²) in [6.45, 7) is 7.51. The standard InChI is InChI=1S/C30H28N8O2/c1-30(2,18-31)20-5-7-21(8-6-20)38-27-22(28(39)35-29(38)40)17-32-24-10-9-23(34-26(24)27)19-4-11-25(33-16-19)37-14-12-36(3)13-15-37/h4-11,16-17H,12-15H2,1-3H3,(H,35,39,40). The third kappa shape index (κ3) is 4.40. The van der Waals surface area contributed by atoms with Crippen LogP contribution in [0.4, 0.5) is 5.82 Å². The van der Waals surface area contributed by atoms with Gasteiger partial charge in [-0.25, -0.2) is 14.8 Å². The first-order valence-electron chi connectivity index (χ1n) is 13.1. The van der Waals surface area contributed by atoms with Gasteiger partial charge in [0.25, 0.3) is 5.56 Å². The Kier molecular flexibility index (Phi) is 6.16. The first kappa shape index (κ1) is 25.4. The van der Waals surface area contributed by atoms with Crippen molar-refractivity contribution in [3.05, 3.63) is 87.3 Å². The van der Waals surface area contributed by atoms with Gasteiger partial charge in [0, 0.05) is 44.1 Å². The maximum atomic E-state index is 13.2. The lowest BCUT2D eigenvalue weighted by atomic mass is 9.86. The smallest absolute Gasteiger partial charge is 0.333 e. The second-order valence-electron chi connectivity index (χ2n) is 10.7. The van der Waals surface area contributed by atoms with Gasteiger partial charge >= 0.3 is 5.69 Å². The summed E-state index contributed by atoms with van der Waals surface area (Å²) in [4.78, 5) is 47.0. The van der Waals surface area contributed by atoms with E-state index in [1.54, 1.807) is 18.3 Å². The van der Waals surface area contributed by atoms with Gasteiger partial charge in [-0.2, -0.15) is 5.26 Å². The summed E-state index contributed by atoms with van der Waals surface area (Å²) in [5.74, 6) is 0.924. The first-order chi connectivity index (χ1) is 19.2. The van der Waals surface area contributed by atoms with Gasteiger partial charge in [-0.3, -0.25) is 19.3 Å². The lowest BCUT2D eigenvalue weighted by molar-refractivity contribution is 0.312. The molecular formula is C30H28N8O2. The Hall–Kier alpha value is -4.88. The van der Waals surface area contributed by atoms with E-state index < -0.39 is 16.7 Å². The summed E-state index contributed by atoms with van der Waals surface area (Å²) in [6, 6.07) is 17.1. The molecule has 10 heteroatoms. The Balaban J connectivity index is 1.48. The number of nitriles is 1. The van der Waals surface area contributed by atoms with Crippen LogP contribution in [0.15, 0.2) is 70.5 Å². The van der Waals surface area contributed by atoms with Crippen molar-refractivity contribution in [2.75, 3.05) is 38.1 Å². The van der Waals surface area contributed by atoms with E-state index >= 15 is 0 Å². The average molecular weight is 533 g/mol. The number of aromatic amines is 1. The monoisotopic (exact) mass is 532 g/mol. The minimum absolute atomic E-state index is 0.252. The lowest BCUT2D eigenvalue weighted by Gasteiger charge is -2.33. The Morgan fingerprint density at radius 1 is 0.925 bits per heavy atom. The molecule has 0 saturated carbocycles. The SMILES string of the molecule is CN1CCN(c2ccc(-c3ccc4ncc5c(=O)[nH]c(=O)n(-c6ccc(C(C)(C)C#N)cc6)c5c4n3)cn2)CC1. The molecule has 0 amide bonds. The van der Waals surface area contributed by atoms with E-state index in [0.717, 1.165) is 43.1 Å². The molecule has 1 aromatic carbocycles. The number of piperazine rings is 1. The van der Waals surface area contributed by atoms with E-state index in [4.69, 9.17) is 9.97 Å². The predicted octanol–water partition coefficient (Wildman–Crippen LogP) is 3.24. The zero-order chi connectivity index (χ0) is 28.0. The van der Waals surface area contributed by atoms with Crippen molar-refractivity contribution in [3.8, 4) is 23.0 Å². The van der Waals surface area contributed by atoms with Crippen molar-refractivity contribution in [3.63, 3.8) is 0 Å². The number of nitrogens with zero attached hydrogens (tertiary/aromatic N) is 7. The van der Waals surface area contributed by atoms with Crippen LogP contribution in [-0.2, 0) is 5.41 Å². The van der Waals surface area contributed by atoms with Gasteiger partial charge < -0.3 is 9.80 Å². The van der Waals surface area contributed by atoms with Crippen LogP contribution in [-0.4, -0.2) is 62.6 Å². The molecule has 0 unspecified atom stereocenters. The van der Waals surface area contributed by atoms with E-state index in [2.05, 4.69) is 32.9 Å². The molecule has 10 nitrogen and oxygen atoms in total. The molecule has 200 valence electrons. The van der Waals surface area contributed by atoms with Gasteiger partial charge in [0.1, 0.15) is 11.3 Å². The fraction of sp³-hybridized carbons (Fsp3) is 0.267. The maximum Gasteiger partial charge on any atom is 0.333 e. The van der Waals surface area contributed by atoms with Crippen LogP contribution in [0.25, 0.3) is 38.9 Å². The molecule has 1 N–H and O–H groups in total. The molecule has 40 heavy (non-hydrogen) atoms. The molecular weight excluding hydrogens is 504 g/mol. The van der Waals surface area contributed by atoms with Crippen LogP contribution in [0.2, 0.25) is 0 Å². The van der Waals surface area contributed by atoms with E-state index in [-0.39, 0.29) is 5.39 Å². The highest BCUT2D eigenvalue weighted by Gasteiger charge is 2.21. The number of likely N-dealkylation sites (N-methyl/N-ethyl adjacent to an activating group) is 1. The molecule has 0 radical (unpaired) electrons. The average Bonchev–Trinajstić information content (AvgIpc) is 2.97. The Bertz CT molecular complexity index is 1890. The molecule has 6 rings (SSSR count). The van der Waals surface area contributed by atoms with Crippen molar-refractivity contribution in [1.29, 1.82) is 5.26 Å². The van der Waals surface area contributed by atoms with Crippen LogP contribution < -0.4 is 16.1 Å². The fourth-order valence-corrected chi connectivity index (χ4v) is 5.03. The number of fused-ring (bicyclic) bond motifs is 3. The molecule has 4 aromatic heterocycles. The highest BCUT2D eigenvalue weighted by molar-refractivity contribution is 6.01. The summed E-state index contributed by atoms with van der Waals surface area (Å²) < 4.78 is 1.44. The van der Waals surface area contributed by atoms with Crippen LogP contribution in [0, 0.1) is 11.3 Å². The Morgan fingerprint density at radius 3 is 2.35 bits per heavy atom. The van der Waals surface area contributed by atoms with Gasteiger partial charge in [0.2, 0.25) is 0 Å². The van der Waals surface area contributed by atoms with E-state index in [1.165, 1.54) is 10.8 Å². The third-order valence-electron chi connectivity index (χ3n) is 7.58. The summed E-state index contributed by atoms with van der Waals surface area (Å²) >= 11 is 0. The number of benzene rings is 1. The van der Waals surface area contributed by atoms with Crippen molar-refractivity contribution >= 4 is 27.8 Å². The van der Waals surface area contributed by atoms with Crippen molar-refractivity contribution in [1.82, 2.24) is 29.4 Å². The number of hydrogen-bond donors (Lipinski definition) is 1. The quantitative estimate of drug-likeness (QED) is 0.350. The molecule has 1 aliphatic rings. The number of rotatable bonds is 4. The number of H-pyrrole nitrogens is 1. The number of aromatic nitrogens is 5. The third-order valence-corrected chi connectivity index (χ3v) is 7.58. The van der Waals surface area contributed by atoms with Crippen molar-refractivity contribution < 1.29 is 0 Å². The molecule has 0 atom stereocenters. The first-order valence-corrected chi connectivity index (χ1v) is 13.1. The van der Waals surface area contributed by atoms with Crippen LogP contribution in [0.3, 0.4) is 0 Å². The van der Waals surface area contributed by atoms with E-state index in [1.807, 2.05) is 50.2 Å². The Labute approximate surface area is 230 Å². The van der Waals surface area contributed by atoms with Gasteiger partial charge in [-0.1, -0.05) is 12.1 Å². The second-order valence-corrected chi connectivity index (χ2v) is 10.7. The molecule has 5 aromatic rings. The number of nitrogens with one attached hydrogen (secondary N) is 1. The van der Waals surface area contributed by atoms with Crippen LogP contribution >= 0.6 is 0 Å². The molecule has 1 saturated heterocycles. The summed E-state index contributed by atoms with van der Waals surface area (Å²) in [6.07, 6.45) is 3.27. The largest absolute Gasteiger partial charge is 0.354 e. The molecule has 0 spiro atoms. The molecule has 1 aliphatic heterocycles. The molecule has 1 fully saturated rings. The fourth-order valence-electron chi connectivity index (χ4n) is 5.03. The summed E-state index contributed by atoms with van der Waals surface area (Å²) in [5, 5.41) is 9.76. The maximum absolute atomic E-state index is 13.2. The lowest BCUT2D eigenvalue weighted by Crippen LogP contribution is -2.44. The highest BCUT2D eigenvalue weighted by Crippen LogP contribution is 2.28.